The Hall–Kier alpha value is 0.0700. The molecular formula is C11H25NO2S. The fourth-order valence-electron chi connectivity index (χ4n) is 1.33. The summed E-state index contributed by atoms with van der Waals surface area (Å²) >= 11 is 0. The first-order valence-corrected chi connectivity index (χ1v) is 7.30. The Kier molecular flexibility index (Phi) is 10.6. The van der Waals surface area contributed by atoms with Gasteiger partial charge >= 0.3 is 0 Å². The maximum Gasteiger partial charge on any atom is 0.0624 e. The molecule has 3 nitrogen and oxygen atoms in total. The van der Waals surface area contributed by atoms with Gasteiger partial charge in [0, 0.05) is 35.5 Å². The topological polar surface area (TPSA) is 38.3 Å². The fourth-order valence-corrected chi connectivity index (χ4v) is 2.77. The van der Waals surface area contributed by atoms with Crippen molar-refractivity contribution >= 4 is 10.8 Å². The van der Waals surface area contributed by atoms with Crippen molar-refractivity contribution in [1.29, 1.82) is 0 Å². The lowest BCUT2D eigenvalue weighted by Gasteiger charge is -2.16. The van der Waals surface area contributed by atoms with Crippen LogP contribution in [0.25, 0.3) is 0 Å². The summed E-state index contributed by atoms with van der Waals surface area (Å²) < 4.78 is 16.8. The summed E-state index contributed by atoms with van der Waals surface area (Å²) in [4.78, 5) is 0. The normalized spacial score (nSPS) is 15.1. The van der Waals surface area contributed by atoms with Gasteiger partial charge < -0.3 is 10.1 Å². The highest BCUT2D eigenvalue weighted by Gasteiger charge is 2.11. The second kappa shape index (κ2) is 10.6. The highest BCUT2D eigenvalue weighted by atomic mass is 32.2. The molecule has 0 heterocycles. The summed E-state index contributed by atoms with van der Waals surface area (Å²) in [6.45, 7) is 5.88. The van der Waals surface area contributed by atoms with E-state index in [9.17, 15) is 4.21 Å². The summed E-state index contributed by atoms with van der Waals surface area (Å²) in [5, 5.41) is 3.36. The zero-order chi connectivity index (χ0) is 11.5. The maximum atomic E-state index is 11.7. The molecule has 4 heteroatoms. The third kappa shape index (κ3) is 9.03. The van der Waals surface area contributed by atoms with Gasteiger partial charge in [-0.25, -0.2) is 0 Å². The molecule has 0 aromatic heterocycles. The molecule has 2 unspecified atom stereocenters. The van der Waals surface area contributed by atoms with Crippen LogP contribution in [0.5, 0.6) is 0 Å². The first-order valence-electron chi connectivity index (χ1n) is 5.81. The second-order valence-electron chi connectivity index (χ2n) is 3.77. The van der Waals surface area contributed by atoms with Crippen molar-refractivity contribution in [2.45, 2.75) is 39.2 Å². The van der Waals surface area contributed by atoms with Crippen LogP contribution in [0, 0.1) is 0 Å². The Bertz CT molecular complexity index is 165. The van der Waals surface area contributed by atoms with Crippen LogP contribution in [0.1, 0.15) is 33.1 Å². The zero-order valence-electron chi connectivity index (χ0n) is 10.3. The highest BCUT2D eigenvalue weighted by molar-refractivity contribution is 7.85. The predicted octanol–water partition coefficient (Wildman–Crippen LogP) is 1.55. The van der Waals surface area contributed by atoms with E-state index in [0.717, 1.165) is 31.6 Å². The van der Waals surface area contributed by atoms with E-state index in [1.165, 1.54) is 0 Å². The SMILES string of the molecule is CCCCS(=O)CC(COC)NCCC. The lowest BCUT2D eigenvalue weighted by Crippen LogP contribution is -2.38. The molecule has 0 bridgehead atoms. The second-order valence-corrected chi connectivity index (χ2v) is 5.39. The Labute approximate surface area is 96.4 Å². The number of hydrogen-bond acceptors (Lipinski definition) is 3. The van der Waals surface area contributed by atoms with Crippen LogP contribution < -0.4 is 5.32 Å². The van der Waals surface area contributed by atoms with E-state index in [0.29, 0.717) is 12.4 Å². The first kappa shape index (κ1) is 15.1. The van der Waals surface area contributed by atoms with Gasteiger partial charge in [-0.3, -0.25) is 4.21 Å². The third-order valence-electron chi connectivity index (χ3n) is 2.16. The average molecular weight is 235 g/mol. The van der Waals surface area contributed by atoms with E-state index in [1.807, 2.05) is 0 Å². The molecule has 92 valence electrons. The molecule has 0 aliphatic carbocycles. The van der Waals surface area contributed by atoms with Crippen LogP contribution in [0.3, 0.4) is 0 Å². The number of hydrogen-bond donors (Lipinski definition) is 1. The lowest BCUT2D eigenvalue weighted by molar-refractivity contribution is 0.173. The molecular weight excluding hydrogens is 210 g/mol. The summed E-state index contributed by atoms with van der Waals surface area (Å²) in [6, 6.07) is 0.243. The van der Waals surface area contributed by atoms with Gasteiger partial charge in [0.2, 0.25) is 0 Å². The van der Waals surface area contributed by atoms with Gasteiger partial charge in [0.05, 0.1) is 6.61 Å². The zero-order valence-corrected chi connectivity index (χ0v) is 11.1. The Morgan fingerprint density at radius 2 is 2.07 bits per heavy atom. The van der Waals surface area contributed by atoms with Crippen LogP contribution in [0.4, 0.5) is 0 Å². The number of unbranched alkanes of at least 4 members (excludes halogenated alkanes) is 1. The standard InChI is InChI=1S/C11H25NO2S/c1-4-6-8-15(13)10-11(9-14-3)12-7-5-2/h11-12H,4-10H2,1-3H3. The number of methoxy groups -OCH3 is 1. The minimum absolute atomic E-state index is 0.243. The van der Waals surface area contributed by atoms with Crippen molar-refractivity contribution in [3.05, 3.63) is 0 Å². The van der Waals surface area contributed by atoms with Crippen molar-refractivity contribution in [2.75, 3.05) is 31.8 Å². The predicted molar refractivity (Wildman–Crippen MR) is 66.7 cm³/mol. The van der Waals surface area contributed by atoms with Crippen LogP contribution >= 0.6 is 0 Å². The smallest absolute Gasteiger partial charge is 0.0624 e. The van der Waals surface area contributed by atoms with Gasteiger partial charge in [0.25, 0.3) is 0 Å². The Morgan fingerprint density at radius 1 is 1.33 bits per heavy atom. The minimum atomic E-state index is -0.697. The van der Waals surface area contributed by atoms with E-state index < -0.39 is 10.8 Å². The fraction of sp³-hybridized carbons (Fsp3) is 1.00. The van der Waals surface area contributed by atoms with E-state index >= 15 is 0 Å². The molecule has 0 aliphatic heterocycles. The number of nitrogens with one attached hydrogen (secondary N) is 1. The summed E-state index contributed by atoms with van der Waals surface area (Å²) in [6.07, 6.45) is 3.27. The molecule has 15 heavy (non-hydrogen) atoms. The van der Waals surface area contributed by atoms with Crippen molar-refractivity contribution in [1.82, 2.24) is 5.32 Å². The minimum Gasteiger partial charge on any atom is -0.383 e. The number of ether oxygens (including phenoxy) is 1. The van der Waals surface area contributed by atoms with Crippen LogP contribution in [0.2, 0.25) is 0 Å². The highest BCUT2D eigenvalue weighted by Crippen LogP contribution is 1.96. The molecule has 0 saturated carbocycles. The van der Waals surface area contributed by atoms with Gasteiger partial charge in [-0.2, -0.15) is 0 Å². The number of rotatable bonds is 10. The van der Waals surface area contributed by atoms with Crippen molar-refractivity contribution in [3.63, 3.8) is 0 Å². The molecule has 0 fully saturated rings. The van der Waals surface area contributed by atoms with E-state index in [-0.39, 0.29) is 6.04 Å². The van der Waals surface area contributed by atoms with Gasteiger partial charge in [-0.1, -0.05) is 20.3 Å². The van der Waals surface area contributed by atoms with E-state index in [1.54, 1.807) is 7.11 Å². The molecule has 0 spiro atoms. The molecule has 0 aromatic rings. The van der Waals surface area contributed by atoms with Crippen LogP contribution in [-0.4, -0.2) is 42.0 Å². The summed E-state index contributed by atoms with van der Waals surface area (Å²) in [7, 11) is 0.993. The molecule has 0 aliphatic rings. The van der Waals surface area contributed by atoms with Crippen molar-refractivity contribution in [2.24, 2.45) is 0 Å². The molecule has 0 radical (unpaired) electrons. The van der Waals surface area contributed by atoms with Gasteiger partial charge in [-0.05, 0) is 19.4 Å². The van der Waals surface area contributed by atoms with Gasteiger partial charge in [0.1, 0.15) is 0 Å². The quantitative estimate of drug-likeness (QED) is 0.624. The van der Waals surface area contributed by atoms with E-state index in [2.05, 4.69) is 19.2 Å². The third-order valence-corrected chi connectivity index (χ3v) is 3.68. The molecule has 0 rings (SSSR count). The van der Waals surface area contributed by atoms with Gasteiger partial charge in [-0.15, -0.1) is 0 Å². The van der Waals surface area contributed by atoms with Crippen LogP contribution in [0.15, 0.2) is 0 Å². The monoisotopic (exact) mass is 235 g/mol. The summed E-state index contributed by atoms with van der Waals surface area (Å²) in [5.41, 5.74) is 0. The van der Waals surface area contributed by atoms with Crippen molar-refractivity contribution in [3.8, 4) is 0 Å². The van der Waals surface area contributed by atoms with Crippen LogP contribution in [-0.2, 0) is 15.5 Å². The molecule has 0 aromatic carbocycles. The molecule has 0 amide bonds. The molecule has 0 saturated heterocycles. The Morgan fingerprint density at radius 3 is 2.60 bits per heavy atom. The van der Waals surface area contributed by atoms with Crippen molar-refractivity contribution < 1.29 is 8.95 Å². The maximum absolute atomic E-state index is 11.7. The summed E-state index contributed by atoms with van der Waals surface area (Å²) in [5.74, 6) is 1.54. The molecule has 1 N–H and O–H groups in total. The lowest BCUT2D eigenvalue weighted by atomic mass is 10.3. The van der Waals surface area contributed by atoms with E-state index in [4.69, 9.17) is 4.74 Å². The molecule has 2 atom stereocenters. The average Bonchev–Trinajstić information content (AvgIpc) is 2.23. The first-order chi connectivity index (χ1) is 7.24. The Balaban J connectivity index is 3.76. The van der Waals surface area contributed by atoms with Gasteiger partial charge in [0.15, 0.2) is 0 Å². The largest absolute Gasteiger partial charge is 0.383 e.